The molecule has 1 N–H and O–H groups in total. The van der Waals surface area contributed by atoms with Gasteiger partial charge in [0.05, 0.1) is 14.4 Å². The van der Waals surface area contributed by atoms with Gasteiger partial charge in [-0.05, 0) is 41.0 Å². The normalized spacial score (nSPS) is 12.1. The van der Waals surface area contributed by atoms with Gasteiger partial charge in [0, 0.05) is 16.8 Å². The van der Waals surface area contributed by atoms with Gasteiger partial charge in [-0.2, -0.15) is 0 Å². The van der Waals surface area contributed by atoms with Gasteiger partial charge in [0.1, 0.15) is 5.01 Å². The second-order valence-electron chi connectivity index (χ2n) is 5.82. The highest BCUT2D eigenvalue weighted by Gasteiger charge is 2.23. The molecule has 0 aliphatic carbocycles. The molecule has 0 amide bonds. The molecule has 0 aliphatic rings. The van der Waals surface area contributed by atoms with E-state index in [9.17, 15) is 0 Å². The minimum atomic E-state index is 0.0898. The van der Waals surface area contributed by atoms with E-state index >= 15 is 0 Å². The summed E-state index contributed by atoms with van der Waals surface area (Å²) in [5.74, 6) is 0. The lowest BCUT2D eigenvalue weighted by molar-refractivity contribution is 0.559. The molecule has 0 unspecified atom stereocenters. The largest absolute Gasteiger partial charge is 0.312 e. The van der Waals surface area contributed by atoms with Crippen LogP contribution in [-0.2, 0) is 12.0 Å². The van der Waals surface area contributed by atoms with Crippen molar-refractivity contribution in [2.24, 2.45) is 0 Å². The molecule has 0 aliphatic heterocycles. The van der Waals surface area contributed by atoms with Gasteiger partial charge < -0.3 is 5.32 Å². The average molecular weight is 373 g/mol. The van der Waals surface area contributed by atoms with Crippen LogP contribution in [0.3, 0.4) is 0 Å². The Morgan fingerprint density at radius 2 is 2.00 bits per heavy atom. The van der Waals surface area contributed by atoms with Crippen molar-refractivity contribution in [3.63, 3.8) is 0 Å². The van der Waals surface area contributed by atoms with Crippen LogP contribution in [0.25, 0.3) is 9.88 Å². The number of halogens is 1. The molecule has 0 spiro atoms. The van der Waals surface area contributed by atoms with Crippen LogP contribution in [0.4, 0.5) is 0 Å². The number of hydrogen-bond donors (Lipinski definition) is 1. The molecule has 2 rings (SSSR count). The molecule has 0 saturated carbocycles. The topological polar surface area (TPSA) is 24.9 Å². The van der Waals surface area contributed by atoms with Crippen molar-refractivity contribution in [3.05, 3.63) is 26.5 Å². The van der Waals surface area contributed by atoms with Crippen LogP contribution in [0.1, 0.15) is 44.7 Å². The fourth-order valence-electron chi connectivity index (χ4n) is 1.97. The molecular formula is C15H21BrN2S2. The van der Waals surface area contributed by atoms with Gasteiger partial charge >= 0.3 is 0 Å². The minimum Gasteiger partial charge on any atom is -0.312 e. The zero-order valence-electron chi connectivity index (χ0n) is 12.4. The van der Waals surface area contributed by atoms with E-state index in [2.05, 4.69) is 61.1 Å². The summed E-state index contributed by atoms with van der Waals surface area (Å²) < 4.78 is 1.16. The number of hydrogen-bond acceptors (Lipinski definition) is 4. The summed E-state index contributed by atoms with van der Waals surface area (Å²) in [7, 11) is 0. The third kappa shape index (κ3) is 3.91. The summed E-state index contributed by atoms with van der Waals surface area (Å²) in [5, 5.41) is 4.64. The zero-order valence-corrected chi connectivity index (χ0v) is 15.6. The van der Waals surface area contributed by atoms with Crippen molar-refractivity contribution < 1.29 is 0 Å². The monoisotopic (exact) mass is 372 g/mol. The maximum Gasteiger partial charge on any atom is 0.134 e. The lowest BCUT2D eigenvalue weighted by atomic mass is 9.91. The van der Waals surface area contributed by atoms with Crippen molar-refractivity contribution in [1.82, 2.24) is 10.3 Å². The lowest BCUT2D eigenvalue weighted by Gasteiger charge is -2.17. The molecule has 0 atom stereocenters. The Balaban J connectivity index is 2.31. The summed E-state index contributed by atoms with van der Waals surface area (Å²) in [4.78, 5) is 7.52. The molecule has 2 heterocycles. The van der Waals surface area contributed by atoms with Crippen LogP contribution >= 0.6 is 38.6 Å². The zero-order chi connectivity index (χ0) is 14.8. The second kappa shape index (κ2) is 6.69. The number of nitrogens with one attached hydrogen (secondary N) is 1. The van der Waals surface area contributed by atoms with Gasteiger partial charge in [-0.1, -0.05) is 27.7 Å². The first-order valence-electron chi connectivity index (χ1n) is 6.88. The fourth-order valence-corrected chi connectivity index (χ4v) is 4.65. The number of nitrogens with zero attached hydrogens (tertiary/aromatic N) is 1. The quantitative estimate of drug-likeness (QED) is 0.707. The highest BCUT2D eigenvalue weighted by Crippen LogP contribution is 2.38. The molecule has 5 heteroatoms. The molecule has 110 valence electrons. The molecule has 0 radical (unpaired) electrons. The van der Waals surface area contributed by atoms with E-state index in [1.165, 1.54) is 15.4 Å². The first-order valence-corrected chi connectivity index (χ1v) is 9.31. The third-order valence-corrected chi connectivity index (χ3v) is 5.75. The van der Waals surface area contributed by atoms with E-state index in [-0.39, 0.29) is 5.41 Å². The molecule has 2 nitrogen and oxygen atoms in total. The highest BCUT2D eigenvalue weighted by atomic mass is 79.9. The van der Waals surface area contributed by atoms with Crippen molar-refractivity contribution >= 4 is 38.6 Å². The second-order valence-corrected chi connectivity index (χ2v) is 9.37. The van der Waals surface area contributed by atoms with Crippen molar-refractivity contribution in [1.29, 1.82) is 0 Å². The standard InChI is InChI=1S/C15H21BrN2S2/c1-5-8-17-9-11-13(15(2,3)4)18-14(20-11)10-6-7-12(16)19-10/h6-7,17H,5,8-9H2,1-4H3. The molecular weight excluding hydrogens is 352 g/mol. The minimum absolute atomic E-state index is 0.0898. The molecule has 0 saturated heterocycles. The van der Waals surface area contributed by atoms with Gasteiger partial charge in [0.2, 0.25) is 0 Å². The molecule has 2 aromatic heterocycles. The molecule has 0 fully saturated rings. The molecule has 0 bridgehead atoms. The summed E-state index contributed by atoms with van der Waals surface area (Å²) in [5.41, 5.74) is 1.32. The van der Waals surface area contributed by atoms with Gasteiger partial charge in [0.15, 0.2) is 0 Å². The smallest absolute Gasteiger partial charge is 0.134 e. The highest BCUT2D eigenvalue weighted by molar-refractivity contribution is 9.11. The maximum absolute atomic E-state index is 4.91. The van der Waals surface area contributed by atoms with Gasteiger partial charge in [-0.3, -0.25) is 0 Å². The summed E-state index contributed by atoms with van der Waals surface area (Å²) in [6, 6.07) is 4.23. The Morgan fingerprint density at radius 3 is 2.55 bits per heavy atom. The van der Waals surface area contributed by atoms with Crippen LogP contribution in [0, 0.1) is 0 Å². The summed E-state index contributed by atoms with van der Waals surface area (Å²) in [6.45, 7) is 10.9. The van der Waals surface area contributed by atoms with Crippen LogP contribution in [0.5, 0.6) is 0 Å². The van der Waals surface area contributed by atoms with Gasteiger partial charge in [-0.25, -0.2) is 4.98 Å². The van der Waals surface area contributed by atoms with E-state index in [1.54, 1.807) is 11.3 Å². The first-order chi connectivity index (χ1) is 9.41. The number of thiophene rings is 1. The van der Waals surface area contributed by atoms with E-state index in [1.807, 2.05) is 11.3 Å². The summed E-state index contributed by atoms with van der Waals surface area (Å²) in [6.07, 6.45) is 1.16. The van der Waals surface area contributed by atoms with E-state index in [4.69, 9.17) is 4.98 Å². The Hall–Kier alpha value is -0.230. The summed E-state index contributed by atoms with van der Waals surface area (Å²) >= 11 is 7.09. The predicted octanol–water partition coefficient (Wildman–Crippen LogP) is 5.43. The van der Waals surface area contributed by atoms with Gasteiger partial charge in [-0.15, -0.1) is 22.7 Å². The lowest BCUT2D eigenvalue weighted by Crippen LogP contribution is -2.19. The van der Waals surface area contributed by atoms with E-state index < -0.39 is 0 Å². The Bertz CT molecular complexity index is 567. The number of rotatable bonds is 5. The molecule has 0 aromatic carbocycles. The van der Waals surface area contributed by atoms with Gasteiger partial charge in [0.25, 0.3) is 0 Å². The number of aromatic nitrogens is 1. The average Bonchev–Trinajstić information content (AvgIpc) is 2.95. The van der Waals surface area contributed by atoms with Crippen molar-refractivity contribution in [2.45, 2.75) is 46.1 Å². The van der Waals surface area contributed by atoms with Crippen LogP contribution in [0.15, 0.2) is 15.9 Å². The van der Waals surface area contributed by atoms with Crippen LogP contribution < -0.4 is 5.32 Å². The first kappa shape index (κ1) is 16.1. The Kier molecular flexibility index (Phi) is 5.40. The Labute approximate surface area is 137 Å². The maximum atomic E-state index is 4.91. The molecule has 20 heavy (non-hydrogen) atoms. The third-order valence-electron chi connectivity index (χ3n) is 2.90. The van der Waals surface area contributed by atoms with Crippen LogP contribution in [0.2, 0.25) is 0 Å². The molecule has 2 aromatic rings. The van der Waals surface area contributed by atoms with Crippen molar-refractivity contribution in [2.75, 3.05) is 6.54 Å². The SMILES string of the molecule is CCCNCc1sc(-c2ccc(Br)s2)nc1C(C)(C)C. The number of thiazole rings is 1. The van der Waals surface area contributed by atoms with E-state index in [0.29, 0.717) is 0 Å². The predicted molar refractivity (Wildman–Crippen MR) is 93.8 cm³/mol. The fraction of sp³-hybridized carbons (Fsp3) is 0.533. The Morgan fingerprint density at radius 1 is 1.25 bits per heavy atom. The van der Waals surface area contributed by atoms with Crippen LogP contribution in [-0.4, -0.2) is 11.5 Å². The van der Waals surface area contributed by atoms with E-state index in [0.717, 1.165) is 28.3 Å². The van der Waals surface area contributed by atoms with Crippen molar-refractivity contribution in [3.8, 4) is 9.88 Å².